The van der Waals surface area contributed by atoms with E-state index in [2.05, 4.69) is 0 Å². The maximum atomic E-state index is 12.4. The second kappa shape index (κ2) is 6.05. The summed E-state index contributed by atoms with van der Waals surface area (Å²) in [6.07, 6.45) is 1.91. The summed E-state index contributed by atoms with van der Waals surface area (Å²) in [6.45, 7) is 1.63. The molecule has 1 unspecified atom stereocenters. The van der Waals surface area contributed by atoms with Crippen LogP contribution in [0.3, 0.4) is 0 Å². The van der Waals surface area contributed by atoms with Crippen molar-refractivity contribution in [3.63, 3.8) is 0 Å². The van der Waals surface area contributed by atoms with Gasteiger partial charge < -0.3 is 10.0 Å². The molecule has 0 bridgehead atoms. The van der Waals surface area contributed by atoms with Crippen LogP contribution in [0.1, 0.15) is 12.8 Å². The average Bonchev–Trinajstić information content (AvgIpc) is 2.47. The van der Waals surface area contributed by atoms with Gasteiger partial charge in [-0.15, -0.1) is 0 Å². The second-order valence-corrected chi connectivity index (χ2v) is 6.85. The number of anilines is 1. The van der Waals surface area contributed by atoms with Gasteiger partial charge in [-0.2, -0.15) is 8.78 Å². The maximum Gasteiger partial charge on any atom is 0.341 e. The largest absolute Gasteiger partial charge is 0.396 e. The third-order valence-corrected chi connectivity index (χ3v) is 4.94. The van der Waals surface area contributed by atoms with Crippen molar-refractivity contribution in [2.24, 2.45) is 5.92 Å². The van der Waals surface area contributed by atoms with E-state index in [9.17, 15) is 22.3 Å². The molecule has 0 aromatic heterocycles. The number of aliphatic hydroxyl groups is 1. The summed E-state index contributed by atoms with van der Waals surface area (Å²) in [7, 11) is -4.53. The lowest BCUT2D eigenvalue weighted by Crippen LogP contribution is -2.36. The van der Waals surface area contributed by atoms with E-state index in [4.69, 9.17) is 0 Å². The van der Waals surface area contributed by atoms with Crippen LogP contribution < -0.4 is 4.90 Å². The lowest BCUT2D eigenvalue weighted by Gasteiger charge is -2.33. The van der Waals surface area contributed by atoms with E-state index in [0.717, 1.165) is 25.1 Å². The Balaban J connectivity index is 2.16. The Morgan fingerprint density at radius 1 is 1.30 bits per heavy atom. The number of aliphatic hydroxyl groups excluding tert-OH is 1. The minimum absolute atomic E-state index is 0.119. The molecule has 4 nitrogen and oxygen atoms in total. The summed E-state index contributed by atoms with van der Waals surface area (Å²) in [6, 6.07) is 5.49. The van der Waals surface area contributed by atoms with Crippen LogP contribution in [0.4, 0.5) is 14.5 Å². The highest BCUT2D eigenvalue weighted by atomic mass is 32.2. The molecule has 0 radical (unpaired) electrons. The molecule has 1 aliphatic heterocycles. The fourth-order valence-corrected chi connectivity index (χ4v) is 3.12. The molecule has 0 aliphatic carbocycles. The lowest BCUT2D eigenvalue weighted by atomic mass is 9.98. The Morgan fingerprint density at radius 3 is 2.50 bits per heavy atom. The Morgan fingerprint density at radius 2 is 1.95 bits per heavy atom. The number of hydrogen-bond acceptors (Lipinski definition) is 4. The van der Waals surface area contributed by atoms with E-state index in [1.54, 1.807) is 0 Å². The van der Waals surface area contributed by atoms with E-state index < -0.39 is 15.6 Å². The van der Waals surface area contributed by atoms with Crippen LogP contribution in [0, 0.1) is 5.92 Å². The fraction of sp³-hybridized carbons (Fsp3) is 0.538. The first-order chi connectivity index (χ1) is 9.45. The molecule has 1 atom stereocenters. The van der Waals surface area contributed by atoms with E-state index in [1.807, 2.05) is 4.90 Å². The van der Waals surface area contributed by atoms with Gasteiger partial charge in [0.25, 0.3) is 0 Å². The zero-order valence-electron chi connectivity index (χ0n) is 10.9. The molecule has 0 spiro atoms. The summed E-state index contributed by atoms with van der Waals surface area (Å²) >= 11 is 0. The molecule has 1 fully saturated rings. The number of hydrogen-bond donors (Lipinski definition) is 1. The van der Waals surface area contributed by atoms with Gasteiger partial charge in [0, 0.05) is 25.4 Å². The predicted octanol–water partition coefficient (Wildman–Crippen LogP) is 1.89. The van der Waals surface area contributed by atoms with Gasteiger partial charge in [0.05, 0.1) is 4.90 Å². The fourth-order valence-electron chi connectivity index (χ4n) is 2.40. The monoisotopic (exact) mass is 305 g/mol. The molecular weight excluding hydrogens is 288 g/mol. The van der Waals surface area contributed by atoms with Crippen LogP contribution >= 0.6 is 0 Å². The van der Waals surface area contributed by atoms with Gasteiger partial charge in [0.15, 0.2) is 0 Å². The third kappa shape index (κ3) is 3.09. The van der Waals surface area contributed by atoms with E-state index in [0.29, 0.717) is 6.54 Å². The van der Waals surface area contributed by atoms with Gasteiger partial charge in [-0.3, -0.25) is 0 Å². The third-order valence-electron chi connectivity index (χ3n) is 3.54. The first kappa shape index (κ1) is 15.2. The van der Waals surface area contributed by atoms with Gasteiger partial charge in [-0.25, -0.2) is 8.42 Å². The molecule has 0 saturated carbocycles. The Bertz CT molecular complexity index is 545. The highest BCUT2D eigenvalue weighted by molar-refractivity contribution is 7.91. The van der Waals surface area contributed by atoms with Crippen LogP contribution in [-0.2, 0) is 9.84 Å². The molecule has 1 N–H and O–H groups in total. The lowest BCUT2D eigenvalue weighted by molar-refractivity contribution is 0.208. The predicted molar refractivity (Wildman–Crippen MR) is 71.7 cm³/mol. The molecule has 0 amide bonds. The van der Waals surface area contributed by atoms with Crippen molar-refractivity contribution in [3.05, 3.63) is 24.3 Å². The van der Waals surface area contributed by atoms with Crippen molar-refractivity contribution in [2.45, 2.75) is 23.5 Å². The summed E-state index contributed by atoms with van der Waals surface area (Å²) < 4.78 is 47.5. The first-order valence-corrected chi connectivity index (χ1v) is 7.97. The number of alkyl halides is 2. The molecule has 7 heteroatoms. The molecular formula is C13H17F2NO3S. The Hall–Kier alpha value is -1.21. The van der Waals surface area contributed by atoms with Gasteiger partial charge >= 0.3 is 5.76 Å². The SMILES string of the molecule is O=S(=O)(c1ccc(N2CCCC(CO)C2)cc1)C(F)F. The minimum Gasteiger partial charge on any atom is -0.396 e. The zero-order chi connectivity index (χ0) is 14.8. The van der Waals surface area contributed by atoms with Crippen LogP contribution in [0.15, 0.2) is 29.2 Å². The van der Waals surface area contributed by atoms with E-state index in [-0.39, 0.29) is 17.4 Å². The normalized spacial score (nSPS) is 20.4. The second-order valence-electron chi connectivity index (χ2n) is 4.94. The number of benzene rings is 1. The molecule has 1 aromatic rings. The molecule has 112 valence electrons. The van der Waals surface area contributed by atoms with Crippen molar-refractivity contribution in [1.29, 1.82) is 0 Å². The molecule has 1 heterocycles. The van der Waals surface area contributed by atoms with Crippen LogP contribution in [0.25, 0.3) is 0 Å². The molecule has 2 rings (SSSR count). The van der Waals surface area contributed by atoms with Gasteiger partial charge in [0.1, 0.15) is 0 Å². The quantitative estimate of drug-likeness (QED) is 0.923. The number of halogens is 2. The molecule has 1 aromatic carbocycles. The van der Waals surface area contributed by atoms with E-state index >= 15 is 0 Å². The number of nitrogens with zero attached hydrogens (tertiary/aromatic N) is 1. The summed E-state index contributed by atoms with van der Waals surface area (Å²) in [5, 5.41) is 9.18. The zero-order valence-corrected chi connectivity index (χ0v) is 11.7. The van der Waals surface area contributed by atoms with Crippen LogP contribution in [0.2, 0.25) is 0 Å². The highest BCUT2D eigenvalue weighted by Gasteiger charge is 2.27. The summed E-state index contributed by atoms with van der Waals surface area (Å²) in [5.74, 6) is -3.20. The summed E-state index contributed by atoms with van der Waals surface area (Å²) in [4.78, 5) is 1.66. The minimum atomic E-state index is -4.53. The molecule has 20 heavy (non-hydrogen) atoms. The first-order valence-electron chi connectivity index (χ1n) is 6.43. The number of sulfone groups is 1. The van der Waals surface area contributed by atoms with Crippen LogP contribution in [0.5, 0.6) is 0 Å². The highest BCUT2D eigenvalue weighted by Crippen LogP contribution is 2.25. The number of piperidine rings is 1. The molecule has 1 saturated heterocycles. The summed E-state index contributed by atoms with van der Waals surface area (Å²) in [5.41, 5.74) is 0.788. The van der Waals surface area contributed by atoms with Gasteiger partial charge in [-0.05, 0) is 43.0 Å². The Kier molecular flexibility index (Phi) is 4.59. The van der Waals surface area contributed by atoms with Crippen molar-refractivity contribution in [3.8, 4) is 0 Å². The van der Waals surface area contributed by atoms with Crippen molar-refractivity contribution in [1.82, 2.24) is 0 Å². The van der Waals surface area contributed by atoms with Crippen molar-refractivity contribution >= 4 is 15.5 Å². The number of rotatable bonds is 4. The molecule has 1 aliphatic rings. The smallest absolute Gasteiger partial charge is 0.341 e. The van der Waals surface area contributed by atoms with Crippen molar-refractivity contribution in [2.75, 3.05) is 24.6 Å². The van der Waals surface area contributed by atoms with Crippen molar-refractivity contribution < 1.29 is 22.3 Å². The Labute approximate surface area is 116 Å². The standard InChI is InChI=1S/C13H17F2NO3S/c14-13(15)20(18,19)12-5-3-11(4-6-12)16-7-1-2-10(8-16)9-17/h3-6,10,13,17H,1-2,7-9H2. The van der Waals surface area contributed by atoms with Crippen LogP contribution in [-0.4, -0.2) is 39.0 Å². The van der Waals surface area contributed by atoms with Gasteiger partial charge in [-0.1, -0.05) is 0 Å². The average molecular weight is 305 g/mol. The topological polar surface area (TPSA) is 57.6 Å². The van der Waals surface area contributed by atoms with Gasteiger partial charge in [0.2, 0.25) is 9.84 Å². The van der Waals surface area contributed by atoms with E-state index in [1.165, 1.54) is 24.3 Å². The maximum absolute atomic E-state index is 12.4.